The molecular weight excluding hydrogens is 212 g/mol. The van der Waals surface area contributed by atoms with Gasteiger partial charge in [-0.05, 0) is 23.6 Å². The van der Waals surface area contributed by atoms with Crippen LogP contribution in [0.1, 0.15) is 5.56 Å². The molecule has 2 aromatic rings. The Morgan fingerprint density at radius 2 is 2.13 bits per heavy atom. The van der Waals surface area contributed by atoms with E-state index in [1.54, 1.807) is 23.7 Å². The number of hydrogen-bond donors (Lipinski definition) is 1. The number of aromatic nitrogens is 1. The predicted molar refractivity (Wildman–Crippen MR) is 62.1 cm³/mol. The molecule has 3 nitrogen and oxygen atoms in total. The number of nitrogens with zero attached hydrogens (tertiary/aromatic N) is 1. The first kappa shape index (κ1) is 10.2. The lowest BCUT2D eigenvalue weighted by Crippen LogP contribution is -2.23. The van der Waals surface area contributed by atoms with Gasteiger partial charge in [0.2, 0.25) is 0 Å². The summed E-state index contributed by atoms with van der Waals surface area (Å²) >= 11 is 5.88. The highest BCUT2D eigenvalue weighted by atomic mass is 35.5. The normalized spacial score (nSPS) is 10.9. The molecule has 1 aromatic carbocycles. The van der Waals surface area contributed by atoms with E-state index in [0.29, 0.717) is 10.6 Å². The first-order valence-corrected chi connectivity index (χ1v) is 4.99. The van der Waals surface area contributed by atoms with Crippen molar-refractivity contribution in [1.82, 2.24) is 4.57 Å². The highest BCUT2D eigenvalue weighted by Crippen LogP contribution is 2.18. The second-order valence-electron chi connectivity index (χ2n) is 3.44. The number of hydrogen-bond acceptors (Lipinski definition) is 2. The van der Waals surface area contributed by atoms with Crippen LogP contribution in [0.4, 0.5) is 0 Å². The highest BCUT2D eigenvalue weighted by Gasteiger charge is 2.05. The Balaban J connectivity index is 2.91. The van der Waals surface area contributed by atoms with Crippen molar-refractivity contribution in [2.45, 2.75) is 6.54 Å². The van der Waals surface area contributed by atoms with Gasteiger partial charge >= 0.3 is 0 Å². The maximum atomic E-state index is 11.8. The van der Waals surface area contributed by atoms with E-state index in [0.717, 1.165) is 10.9 Å². The SMILES string of the molecule is Cn1c(=O)c(CN)cc2ccc(Cl)cc21. The molecule has 0 amide bonds. The Morgan fingerprint density at radius 3 is 2.80 bits per heavy atom. The number of nitrogens with two attached hydrogens (primary N) is 1. The number of aryl methyl sites for hydroxylation is 1. The fourth-order valence-corrected chi connectivity index (χ4v) is 1.82. The van der Waals surface area contributed by atoms with E-state index in [1.165, 1.54) is 0 Å². The van der Waals surface area contributed by atoms with Crippen LogP contribution in [0.25, 0.3) is 10.9 Å². The predicted octanol–water partition coefficient (Wildman–Crippen LogP) is 1.65. The Kier molecular flexibility index (Phi) is 2.50. The summed E-state index contributed by atoms with van der Waals surface area (Å²) in [6.07, 6.45) is 0. The zero-order valence-corrected chi connectivity index (χ0v) is 9.08. The Hall–Kier alpha value is -1.32. The van der Waals surface area contributed by atoms with E-state index in [9.17, 15) is 4.79 Å². The molecular formula is C11H11ClN2O. The fraction of sp³-hybridized carbons (Fsp3) is 0.182. The average molecular weight is 223 g/mol. The van der Waals surface area contributed by atoms with Crippen LogP contribution in [0.3, 0.4) is 0 Å². The van der Waals surface area contributed by atoms with Crippen molar-refractivity contribution < 1.29 is 0 Å². The maximum absolute atomic E-state index is 11.8. The number of rotatable bonds is 1. The summed E-state index contributed by atoms with van der Waals surface area (Å²) in [6.45, 7) is 0.255. The van der Waals surface area contributed by atoms with Gasteiger partial charge < -0.3 is 10.3 Å². The molecule has 4 heteroatoms. The van der Waals surface area contributed by atoms with Crippen molar-refractivity contribution in [2.24, 2.45) is 12.8 Å². The highest BCUT2D eigenvalue weighted by molar-refractivity contribution is 6.31. The molecule has 15 heavy (non-hydrogen) atoms. The minimum absolute atomic E-state index is 0.0627. The van der Waals surface area contributed by atoms with Crippen LogP contribution in [0.2, 0.25) is 5.02 Å². The minimum Gasteiger partial charge on any atom is -0.326 e. The van der Waals surface area contributed by atoms with Crippen LogP contribution in [0.15, 0.2) is 29.1 Å². The summed E-state index contributed by atoms with van der Waals surface area (Å²) in [7, 11) is 1.72. The molecule has 78 valence electrons. The third-order valence-electron chi connectivity index (χ3n) is 2.48. The van der Waals surface area contributed by atoms with Crippen LogP contribution in [-0.2, 0) is 13.6 Å². The molecule has 0 spiro atoms. The van der Waals surface area contributed by atoms with Gasteiger partial charge in [-0.1, -0.05) is 17.7 Å². The van der Waals surface area contributed by atoms with E-state index in [-0.39, 0.29) is 12.1 Å². The molecule has 0 radical (unpaired) electrons. The van der Waals surface area contributed by atoms with Gasteiger partial charge in [0.25, 0.3) is 5.56 Å². The molecule has 1 aromatic heterocycles. The fourth-order valence-electron chi connectivity index (χ4n) is 1.65. The number of benzene rings is 1. The monoisotopic (exact) mass is 222 g/mol. The smallest absolute Gasteiger partial charge is 0.255 e. The average Bonchev–Trinajstić information content (AvgIpc) is 2.24. The summed E-state index contributed by atoms with van der Waals surface area (Å²) in [5.74, 6) is 0. The molecule has 0 atom stereocenters. The maximum Gasteiger partial charge on any atom is 0.255 e. The molecule has 2 N–H and O–H groups in total. The molecule has 0 aliphatic rings. The van der Waals surface area contributed by atoms with E-state index in [2.05, 4.69) is 0 Å². The zero-order valence-electron chi connectivity index (χ0n) is 8.33. The number of pyridine rings is 1. The summed E-state index contributed by atoms with van der Waals surface area (Å²) in [5, 5.41) is 1.60. The van der Waals surface area contributed by atoms with Crippen molar-refractivity contribution in [1.29, 1.82) is 0 Å². The van der Waals surface area contributed by atoms with Gasteiger partial charge in [0.05, 0.1) is 5.52 Å². The topological polar surface area (TPSA) is 48.0 Å². The van der Waals surface area contributed by atoms with Gasteiger partial charge in [0.15, 0.2) is 0 Å². The molecule has 0 aliphatic heterocycles. The lowest BCUT2D eigenvalue weighted by Gasteiger charge is -2.07. The summed E-state index contributed by atoms with van der Waals surface area (Å²) < 4.78 is 1.57. The Morgan fingerprint density at radius 1 is 1.40 bits per heavy atom. The van der Waals surface area contributed by atoms with Gasteiger partial charge in [-0.3, -0.25) is 4.79 Å². The molecule has 1 heterocycles. The van der Waals surface area contributed by atoms with Crippen LogP contribution in [0, 0.1) is 0 Å². The quantitative estimate of drug-likeness (QED) is 0.798. The zero-order chi connectivity index (χ0) is 11.0. The Labute approximate surface area is 92.1 Å². The molecule has 0 bridgehead atoms. The molecule has 0 saturated carbocycles. The van der Waals surface area contributed by atoms with Gasteiger partial charge in [0, 0.05) is 24.2 Å². The number of halogens is 1. The number of fused-ring (bicyclic) bond motifs is 1. The van der Waals surface area contributed by atoms with Crippen LogP contribution >= 0.6 is 11.6 Å². The third kappa shape index (κ3) is 1.64. The first-order valence-electron chi connectivity index (χ1n) is 4.61. The molecule has 0 aliphatic carbocycles. The van der Waals surface area contributed by atoms with Crippen LogP contribution in [0.5, 0.6) is 0 Å². The molecule has 0 saturated heterocycles. The van der Waals surface area contributed by atoms with Crippen molar-refractivity contribution in [3.63, 3.8) is 0 Å². The molecule has 0 fully saturated rings. The summed E-state index contributed by atoms with van der Waals surface area (Å²) in [6, 6.07) is 7.28. The van der Waals surface area contributed by atoms with Crippen molar-refractivity contribution in [3.8, 4) is 0 Å². The largest absolute Gasteiger partial charge is 0.326 e. The van der Waals surface area contributed by atoms with Crippen molar-refractivity contribution in [2.75, 3.05) is 0 Å². The minimum atomic E-state index is -0.0627. The van der Waals surface area contributed by atoms with E-state index >= 15 is 0 Å². The Bertz CT molecular complexity index is 575. The van der Waals surface area contributed by atoms with Gasteiger partial charge in [-0.2, -0.15) is 0 Å². The van der Waals surface area contributed by atoms with Crippen LogP contribution < -0.4 is 11.3 Å². The molecule has 2 rings (SSSR count). The standard InChI is InChI=1S/C11H11ClN2O/c1-14-10-5-9(12)3-2-7(10)4-8(6-13)11(14)15/h2-5H,6,13H2,1H3. The lowest BCUT2D eigenvalue weighted by molar-refractivity contribution is 0.869. The van der Waals surface area contributed by atoms with Crippen LogP contribution in [-0.4, -0.2) is 4.57 Å². The third-order valence-corrected chi connectivity index (χ3v) is 2.72. The first-order chi connectivity index (χ1) is 7.13. The van der Waals surface area contributed by atoms with Gasteiger partial charge in [-0.25, -0.2) is 0 Å². The summed E-state index contributed by atoms with van der Waals surface area (Å²) in [5.41, 5.74) is 6.88. The lowest BCUT2D eigenvalue weighted by atomic mass is 10.1. The van der Waals surface area contributed by atoms with Gasteiger partial charge in [0.1, 0.15) is 0 Å². The van der Waals surface area contributed by atoms with E-state index in [1.807, 2.05) is 12.1 Å². The van der Waals surface area contributed by atoms with Crippen molar-refractivity contribution >= 4 is 22.5 Å². The second-order valence-corrected chi connectivity index (χ2v) is 3.88. The van der Waals surface area contributed by atoms with E-state index < -0.39 is 0 Å². The second kappa shape index (κ2) is 3.68. The van der Waals surface area contributed by atoms with E-state index in [4.69, 9.17) is 17.3 Å². The molecule has 0 unspecified atom stereocenters. The van der Waals surface area contributed by atoms with Gasteiger partial charge in [-0.15, -0.1) is 0 Å². The van der Waals surface area contributed by atoms with Crippen molar-refractivity contribution in [3.05, 3.63) is 45.2 Å². The summed E-state index contributed by atoms with van der Waals surface area (Å²) in [4.78, 5) is 11.8.